The monoisotopic (exact) mass is 738 g/mol. The Morgan fingerprint density at radius 2 is 1.98 bits per heavy atom. The lowest BCUT2D eigenvalue weighted by atomic mass is 9.68. The third-order valence-corrected chi connectivity index (χ3v) is 14.2. The molecule has 3 amide bonds. The Hall–Kier alpha value is -3.12. The minimum Gasteiger partial charge on any atom is -0.490 e. The van der Waals surface area contributed by atoms with E-state index in [4.69, 9.17) is 25.8 Å². The SMILES string of the molecule is CO[C@H]1/C=C/C[C@H](C)CS(=O)(NC(=O)N[C@H]2C[C@@](C)(OC)C2)=NC(=O)c2ccc3c(c2)N(C[C@@H]2CC[C@H]21)C[C@@]1(CCCc2cc(Cl)ccc21)CO3. The molecular weight excluding hydrogens is 688 g/mol. The minimum atomic E-state index is -3.50. The third kappa shape index (κ3) is 7.54. The summed E-state index contributed by atoms with van der Waals surface area (Å²) in [7, 11) is -0.0719. The molecule has 2 aromatic carbocycles. The highest BCUT2D eigenvalue weighted by Crippen LogP contribution is 2.47. The van der Waals surface area contributed by atoms with Crippen molar-refractivity contribution >= 4 is 39.1 Å². The van der Waals surface area contributed by atoms with Crippen LogP contribution in [0, 0.1) is 17.8 Å². The van der Waals surface area contributed by atoms with Gasteiger partial charge in [0.25, 0.3) is 5.91 Å². The van der Waals surface area contributed by atoms with Gasteiger partial charge in [-0.15, -0.1) is 4.36 Å². The molecule has 6 atom stereocenters. The molecule has 3 aliphatic carbocycles. The van der Waals surface area contributed by atoms with Crippen molar-refractivity contribution in [2.45, 2.75) is 88.4 Å². The van der Waals surface area contributed by atoms with Crippen LogP contribution in [0.25, 0.3) is 0 Å². The number of nitrogens with one attached hydrogen (secondary N) is 2. The summed E-state index contributed by atoms with van der Waals surface area (Å²) < 4.78 is 39.6. The van der Waals surface area contributed by atoms with Crippen molar-refractivity contribution in [3.8, 4) is 5.75 Å². The zero-order chi connectivity index (χ0) is 36.0. The lowest BCUT2D eigenvalue weighted by Gasteiger charge is -2.46. The van der Waals surface area contributed by atoms with Crippen LogP contribution in [0.5, 0.6) is 5.75 Å². The van der Waals surface area contributed by atoms with Crippen molar-refractivity contribution in [1.82, 2.24) is 10.0 Å². The number of methoxy groups -OCH3 is 2. The molecule has 2 heterocycles. The van der Waals surface area contributed by atoms with Gasteiger partial charge >= 0.3 is 6.03 Å². The van der Waals surface area contributed by atoms with Gasteiger partial charge in [0.1, 0.15) is 15.7 Å². The average molecular weight is 739 g/mol. The van der Waals surface area contributed by atoms with E-state index in [-0.39, 0.29) is 34.8 Å². The first-order chi connectivity index (χ1) is 24.4. The van der Waals surface area contributed by atoms with Gasteiger partial charge in [-0.1, -0.05) is 36.7 Å². The molecule has 10 nitrogen and oxygen atoms in total. The summed E-state index contributed by atoms with van der Waals surface area (Å²) in [5.74, 6) is 0.702. The fourth-order valence-corrected chi connectivity index (χ4v) is 11.0. The smallest absolute Gasteiger partial charge is 0.327 e. The number of halogens is 1. The highest BCUT2D eigenvalue weighted by atomic mass is 35.5. The molecule has 0 saturated heterocycles. The molecular formula is C39H51ClN4O6S. The highest BCUT2D eigenvalue weighted by Gasteiger charge is 2.45. The number of benzene rings is 2. The lowest BCUT2D eigenvalue weighted by Crippen LogP contribution is -2.57. The van der Waals surface area contributed by atoms with E-state index in [0.29, 0.717) is 49.0 Å². The lowest BCUT2D eigenvalue weighted by molar-refractivity contribution is -0.0719. The molecule has 2 fully saturated rings. The molecule has 2 N–H and O–H groups in total. The van der Waals surface area contributed by atoms with Crippen molar-refractivity contribution in [2.24, 2.45) is 22.1 Å². The number of aryl methyl sites for hydroxylation is 1. The first-order valence-corrected chi connectivity index (χ1v) is 20.4. The van der Waals surface area contributed by atoms with Crippen LogP contribution in [-0.4, -0.2) is 73.6 Å². The molecule has 51 heavy (non-hydrogen) atoms. The summed E-state index contributed by atoms with van der Waals surface area (Å²) in [5.41, 5.74) is 3.13. The topological polar surface area (TPSA) is 119 Å². The Balaban J connectivity index is 1.25. The molecule has 2 aromatic rings. The van der Waals surface area contributed by atoms with Crippen LogP contribution < -0.4 is 19.7 Å². The van der Waals surface area contributed by atoms with E-state index < -0.39 is 21.9 Å². The summed E-state index contributed by atoms with van der Waals surface area (Å²) >= 11 is 6.46. The molecule has 7 rings (SSSR count). The number of carbonyl (C=O) groups excluding carboxylic acids is 2. The Morgan fingerprint density at radius 1 is 1.16 bits per heavy atom. The van der Waals surface area contributed by atoms with Crippen LogP contribution in [0.15, 0.2) is 52.9 Å². The zero-order valence-electron chi connectivity index (χ0n) is 30.1. The number of carbonyl (C=O) groups is 2. The normalized spacial score (nSPS) is 35.4. The number of urea groups is 1. The van der Waals surface area contributed by atoms with Gasteiger partial charge in [-0.25, -0.2) is 9.00 Å². The van der Waals surface area contributed by atoms with Gasteiger partial charge in [0.05, 0.1) is 29.8 Å². The van der Waals surface area contributed by atoms with Gasteiger partial charge in [0, 0.05) is 49.4 Å². The van der Waals surface area contributed by atoms with Crippen LogP contribution in [0.2, 0.25) is 5.02 Å². The number of fused-ring (bicyclic) bond motifs is 4. The van der Waals surface area contributed by atoms with Crippen molar-refractivity contribution in [3.05, 3.63) is 70.3 Å². The van der Waals surface area contributed by atoms with Gasteiger partial charge in [-0.05, 0) is 118 Å². The fourth-order valence-electron chi connectivity index (χ4n) is 8.98. The third-order valence-electron chi connectivity index (χ3n) is 12.0. The summed E-state index contributed by atoms with van der Waals surface area (Å²) in [4.78, 5) is 29.5. The molecule has 2 saturated carbocycles. The standard InChI is InChI=1S/C39H51ClN4O6S/c1-25-7-5-9-34(48-3)31-13-10-28(31)21-44-23-39(16-6-8-26-17-29(40)12-14-32(26)39)24-50-35-15-11-27(18-33(35)44)36(45)42-51(47,22-25)43-37(46)41-30-19-38(2,20-30)49-4/h5,9,11-12,14-15,17-18,25,28,30-31,34H,6-8,10,13,16,19-24H2,1-4H3,(H2,41,42,43,45,46,47)/b9-5+/t25-,28-,30-,31+,34-,38+,39-,51?/m0/s1. The van der Waals surface area contributed by atoms with E-state index in [1.54, 1.807) is 20.3 Å². The first-order valence-electron chi connectivity index (χ1n) is 18.3. The number of hydrogen-bond donors (Lipinski definition) is 2. The maximum atomic E-state index is 14.5. The van der Waals surface area contributed by atoms with Gasteiger partial charge in [0.15, 0.2) is 0 Å². The summed E-state index contributed by atoms with van der Waals surface area (Å²) in [6.45, 7) is 5.97. The van der Waals surface area contributed by atoms with E-state index >= 15 is 0 Å². The van der Waals surface area contributed by atoms with Crippen molar-refractivity contribution in [3.63, 3.8) is 0 Å². The van der Waals surface area contributed by atoms with E-state index in [1.807, 2.05) is 32.0 Å². The van der Waals surface area contributed by atoms with Crippen molar-refractivity contribution < 1.29 is 28.0 Å². The number of allylic oxidation sites excluding steroid dienone is 1. The van der Waals surface area contributed by atoms with Gasteiger partial charge in [-0.3, -0.25) is 9.52 Å². The fraction of sp³-hybridized carbons (Fsp3) is 0.590. The second-order valence-corrected chi connectivity index (χ2v) is 18.2. The molecule has 5 aliphatic rings. The summed E-state index contributed by atoms with van der Waals surface area (Å²) in [6, 6.07) is 10.9. The number of rotatable bonds is 4. The number of nitrogens with zero attached hydrogens (tertiary/aromatic N) is 2. The van der Waals surface area contributed by atoms with Crippen molar-refractivity contribution in [1.29, 1.82) is 0 Å². The van der Waals surface area contributed by atoms with Crippen LogP contribution >= 0.6 is 11.6 Å². The van der Waals surface area contributed by atoms with Gasteiger partial charge in [0.2, 0.25) is 0 Å². The van der Waals surface area contributed by atoms with Crippen LogP contribution in [-0.2, 0) is 31.2 Å². The number of amides is 3. The van der Waals surface area contributed by atoms with E-state index in [0.717, 1.165) is 55.9 Å². The average Bonchev–Trinajstić information content (AvgIpc) is 3.21. The molecule has 1 spiro atoms. The zero-order valence-corrected chi connectivity index (χ0v) is 31.7. The second kappa shape index (κ2) is 14.4. The number of hydrogen-bond acceptors (Lipinski definition) is 7. The van der Waals surface area contributed by atoms with Crippen LogP contribution in [0.3, 0.4) is 0 Å². The second-order valence-electron chi connectivity index (χ2n) is 15.8. The van der Waals surface area contributed by atoms with E-state index in [2.05, 4.69) is 43.6 Å². The Labute approximate surface area is 307 Å². The van der Waals surface area contributed by atoms with Crippen LogP contribution in [0.4, 0.5) is 10.5 Å². The Bertz CT molecular complexity index is 1820. The van der Waals surface area contributed by atoms with E-state index in [9.17, 15) is 13.8 Å². The predicted molar refractivity (Wildman–Crippen MR) is 200 cm³/mol. The Kier molecular flexibility index (Phi) is 10.2. The molecule has 2 aliphatic heterocycles. The molecule has 2 bridgehead atoms. The van der Waals surface area contributed by atoms with Gasteiger partial charge < -0.3 is 24.4 Å². The number of ether oxygens (including phenoxy) is 3. The number of anilines is 1. The molecule has 0 aromatic heterocycles. The highest BCUT2D eigenvalue weighted by molar-refractivity contribution is 7.92. The Morgan fingerprint density at radius 3 is 2.73 bits per heavy atom. The first kappa shape index (κ1) is 36.2. The summed E-state index contributed by atoms with van der Waals surface area (Å²) in [6.07, 6.45) is 11.2. The molecule has 1 unspecified atom stereocenters. The maximum Gasteiger partial charge on any atom is 0.327 e. The molecule has 12 heteroatoms. The maximum absolute atomic E-state index is 14.5. The van der Waals surface area contributed by atoms with Crippen molar-refractivity contribution in [2.75, 3.05) is 44.6 Å². The van der Waals surface area contributed by atoms with Crippen LogP contribution in [0.1, 0.15) is 80.3 Å². The quantitative estimate of drug-likeness (QED) is 0.330. The largest absolute Gasteiger partial charge is 0.490 e. The molecule has 276 valence electrons. The molecule has 0 radical (unpaired) electrons. The predicted octanol–water partition coefficient (Wildman–Crippen LogP) is 6.84. The van der Waals surface area contributed by atoms with E-state index in [1.165, 1.54) is 11.1 Å². The summed E-state index contributed by atoms with van der Waals surface area (Å²) in [5, 5.41) is 3.64. The minimum absolute atomic E-state index is 0.0206. The van der Waals surface area contributed by atoms with Gasteiger partial charge in [-0.2, -0.15) is 0 Å².